The summed E-state index contributed by atoms with van der Waals surface area (Å²) in [6.07, 6.45) is 2.83. The van der Waals surface area contributed by atoms with Gasteiger partial charge in [0.1, 0.15) is 0 Å². The maximum absolute atomic E-state index is 11.9. The van der Waals surface area contributed by atoms with E-state index in [1.165, 1.54) is 24.3 Å². The molecule has 0 unspecified atom stereocenters. The Hall–Kier alpha value is -2.41. The number of amides is 1. The monoisotopic (exact) mass is 394 g/mol. The second-order valence-corrected chi connectivity index (χ2v) is 6.08. The third kappa shape index (κ3) is 5.86. The lowest BCUT2D eigenvalue weighted by molar-refractivity contribution is -0.115. The van der Waals surface area contributed by atoms with Crippen molar-refractivity contribution in [3.05, 3.63) is 69.7 Å². The summed E-state index contributed by atoms with van der Waals surface area (Å²) in [6.45, 7) is 0. The molecule has 25 heavy (non-hydrogen) atoms. The summed E-state index contributed by atoms with van der Waals surface area (Å²) < 4.78 is 0. The van der Waals surface area contributed by atoms with Crippen molar-refractivity contribution in [1.29, 1.82) is 0 Å². The van der Waals surface area contributed by atoms with Gasteiger partial charge in [0.15, 0.2) is 5.11 Å². The first-order valence-electron chi connectivity index (χ1n) is 6.93. The van der Waals surface area contributed by atoms with Gasteiger partial charge in [0.2, 0.25) is 5.91 Å². The molecule has 0 radical (unpaired) electrons. The van der Waals surface area contributed by atoms with Crippen LogP contribution < -0.4 is 10.6 Å². The Labute approximate surface area is 159 Å². The fraction of sp³-hybridized carbons (Fsp3) is 0. The maximum atomic E-state index is 11.9. The molecule has 1 amide bonds. The lowest BCUT2D eigenvalue weighted by atomic mass is 10.2. The number of carboxylic acids is 1. The predicted octanol–water partition coefficient (Wildman–Crippen LogP) is 4.22. The van der Waals surface area contributed by atoms with E-state index in [1.54, 1.807) is 30.3 Å². The second-order valence-electron chi connectivity index (χ2n) is 4.83. The molecule has 8 heteroatoms. The van der Waals surface area contributed by atoms with Gasteiger partial charge in [0.05, 0.1) is 5.56 Å². The van der Waals surface area contributed by atoms with E-state index in [1.807, 2.05) is 0 Å². The number of carboxylic acid groups (broad SMARTS) is 1. The Balaban J connectivity index is 1.92. The van der Waals surface area contributed by atoms with Gasteiger partial charge in [-0.2, -0.15) is 0 Å². The number of halogens is 2. The molecule has 0 aliphatic rings. The Bertz CT molecular complexity index is 851. The Morgan fingerprint density at radius 3 is 2.36 bits per heavy atom. The Morgan fingerprint density at radius 2 is 1.76 bits per heavy atom. The zero-order valence-corrected chi connectivity index (χ0v) is 15.0. The number of hydrogen-bond donors (Lipinski definition) is 3. The van der Waals surface area contributed by atoms with Crippen molar-refractivity contribution in [1.82, 2.24) is 5.32 Å². The average molecular weight is 395 g/mol. The topological polar surface area (TPSA) is 78.4 Å². The molecule has 3 N–H and O–H groups in total. The molecule has 0 bridgehead atoms. The van der Waals surface area contributed by atoms with Gasteiger partial charge < -0.3 is 10.4 Å². The summed E-state index contributed by atoms with van der Waals surface area (Å²) in [5.41, 5.74) is 1.35. The molecule has 0 saturated carbocycles. The summed E-state index contributed by atoms with van der Waals surface area (Å²) in [7, 11) is 0. The summed E-state index contributed by atoms with van der Waals surface area (Å²) >= 11 is 16.9. The van der Waals surface area contributed by atoms with Gasteiger partial charge in [0.25, 0.3) is 0 Å². The van der Waals surface area contributed by atoms with Crippen LogP contribution in [0.5, 0.6) is 0 Å². The van der Waals surface area contributed by atoms with E-state index >= 15 is 0 Å². The molecular formula is C17H12Cl2N2O3S. The zero-order chi connectivity index (χ0) is 18.4. The molecule has 0 aliphatic heterocycles. The summed E-state index contributed by atoms with van der Waals surface area (Å²) in [5.74, 6) is -1.46. The van der Waals surface area contributed by atoms with Crippen LogP contribution in [0.15, 0.2) is 48.5 Å². The minimum atomic E-state index is -1.02. The Kier molecular flexibility index (Phi) is 6.52. The van der Waals surface area contributed by atoms with Crippen molar-refractivity contribution in [2.24, 2.45) is 0 Å². The van der Waals surface area contributed by atoms with Crippen LogP contribution in [0.3, 0.4) is 0 Å². The van der Waals surface area contributed by atoms with Crippen molar-refractivity contribution in [2.75, 3.05) is 5.32 Å². The number of aromatic carboxylic acids is 1. The highest BCUT2D eigenvalue weighted by atomic mass is 35.5. The highest BCUT2D eigenvalue weighted by Gasteiger charge is 2.05. The lowest BCUT2D eigenvalue weighted by Gasteiger charge is -2.08. The normalized spacial score (nSPS) is 10.5. The average Bonchev–Trinajstić information content (AvgIpc) is 2.54. The SMILES string of the molecule is O=C(/C=C/c1ccc(Cl)cc1Cl)NC(=S)Nc1ccc(C(=O)O)cc1. The first-order chi connectivity index (χ1) is 11.8. The van der Waals surface area contributed by atoms with Crippen LogP contribution in [-0.4, -0.2) is 22.1 Å². The number of benzene rings is 2. The van der Waals surface area contributed by atoms with E-state index in [-0.39, 0.29) is 10.7 Å². The number of thiocarbonyl (C=S) groups is 1. The fourth-order valence-corrected chi connectivity index (χ4v) is 2.50. The lowest BCUT2D eigenvalue weighted by Crippen LogP contribution is -2.32. The number of nitrogens with one attached hydrogen (secondary N) is 2. The van der Waals surface area contributed by atoms with Gasteiger partial charge in [-0.1, -0.05) is 29.3 Å². The first kappa shape index (κ1) is 18.9. The van der Waals surface area contributed by atoms with Crippen LogP contribution in [0, 0.1) is 0 Å². The molecule has 0 spiro atoms. The molecule has 0 saturated heterocycles. The standard InChI is InChI=1S/C17H12Cl2N2O3S/c18-12-5-1-10(14(19)9-12)4-8-15(22)21-17(25)20-13-6-2-11(3-7-13)16(23)24/h1-9H,(H,23,24)(H2,20,21,22,25)/b8-4+. The van der Waals surface area contributed by atoms with Gasteiger partial charge in [-0.25, -0.2) is 4.79 Å². The molecule has 128 valence electrons. The van der Waals surface area contributed by atoms with Crippen molar-refractivity contribution < 1.29 is 14.7 Å². The van der Waals surface area contributed by atoms with Crippen LogP contribution in [0.4, 0.5) is 5.69 Å². The quantitative estimate of drug-likeness (QED) is 0.534. The van der Waals surface area contributed by atoms with E-state index in [0.717, 1.165) is 0 Å². The minimum Gasteiger partial charge on any atom is -0.478 e. The van der Waals surface area contributed by atoms with E-state index < -0.39 is 11.9 Å². The van der Waals surface area contributed by atoms with E-state index in [9.17, 15) is 9.59 Å². The van der Waals surface area contributed by atoms with Crippen molar-refractivity contribution in [3.63, 3.8) is 0 Å². The minimum absolute atomic E-state index is 0.0833. The summed E-state index contributed by atoms with van der Waals surface area (Å²) in [5, 5.41) is 15.1. The number of anilines is 1. The molecule has 5 nitrogen and oxygen atoms in total. The third-order valence-electron chi connectivity index (χ3n) is 3.00. The van der Waals surface area contributed by atoms with Crippen LogP contribution >= 0.6 is 35.4 Å². The van der Waals surface area contributed by atoms with E-state index in [4.69, 9.17) is 40.5 Å². The molecule has 0 atom stereocenters. The Morgan fingerprint density at radius 1 is 1.08 bits per heavy atom. The van der Waals surface area contributed by atoms with Gasteiger partial charge >= 0.3 is 5.97 Å². The number of carbonyl (C=O) groups excluding carboxylic acids is 1. The van der Waals surface area contributed by atoms with Gasteiger partial charge in [0, 0.05) is 21.8 Å². The molecule has 2 aromatic rings. The molecule has 0 fully saturated rings. The van der Waals surface area contributed by atoms with E-state index in [2.05, 4.69) is 10.6 Å². The number of rotatable bonds is 4. The first-order valence-corrected chi connectivity index (χ1v) is 8.10. The van der Waals surface area contributed by atoms with Crippen LogP contribution in [0.1, 0.15) is 15.9 Å². The molecule has 2 rings (SSSR count). The fourth-order valence-electron chi connectivity index (χ4n) is 1.81. The second kappa shape index (κ2) is 8.62. The highest BCUT2D eigenvalue weighted by Crippen LogP contribution is 2.21. The third-order valence-corrected chi connectivity index (χ3v) is 3.77. The molecule has 2 aromatic carbocycles. The van der Waals surface area contributed by atoms with Crippen molar-refractivity contribution >= 4 is 64.2 Å². The number of hydrogen-bond acceptors (Lipinski definition) is 3. The van der Waals surface area contributed by atoms with Crippen molar-refractivity contribution in [2.45, 2.75) is 0 Å². The van der Waals surface area contributed by atoms with Gasteiger partial charge in [-0.05, 0) is 60.3 Å². The van der Waals surface area contributed by atoms with Crippen LogP contribution in [0.25, 0.3) is 6.08 Å². The summed E-state index contributed by atoms with van der Waals surface area (Å²) in [6, 6.07) is 10.9. The van der Waals surface area contributed by atoms with Crippen molar-refractivity contribution in [3.8, 4) is 0 Å². The molecule has 0 aromatic heterocycles. The van der Waals surface area contributed by atoms with Gasteiger partial charge in [-0.15, -0.1) is 0 Å². The van der Waals surface area contributed by atoms with Crippen LogP contribution in [0.2, 0.25) is 10.0 Å². The van der Waals surface area contributed by atoms with Crippen LogP contribution in [-0.2, 0) is 4.79 Å². The van der Waals surface area contributed by atoms with Gasteiger partial charge in [-0.3, -0.25) is 10.1 Å². The smallest absolute Gasteiger partial charge is 0.335 e. The molecule has 0 aliphatic carbocycles. The molecular weight excluding hydrogens is 383 g/mol. The maximum Gasteiger partial charge on any atom is 0.335 e. The summed E-state index contributed by atoms with van der Waals surface area (Å²) in [4.78, 5) is 22.7. The zero-order valence-electron chi connectivity index (χ0n) is 12.6. The number of carbonyl (C=O) groups is 2. The largest absolute Gasteiger partial charge is 0.478 e. The predicted molar refractivity (Wildman–Crippen MR) is 103 cm³/mol. The highest BCUT2D eigenvalue weighted by molar-refractivity contribution is 7.80. The van der Waals surface area contributed by atoms with E-state index in [0.29, 0.717) is 21.3 Å². The molecule has 0 heterocycles.